The number of carbonyl (C=O) groups is 1. The van der Waals surface area contributed by atoms with E-state index in [0.29, 0.717) is 29.4 Å². The fourth-order valence-corrected chi connectivity index (χ4v) is 6.25. The van der Waals surface area contributed by atoms with Crippen LogP contribution in [-0.4, -0.2) is 32.4 Å². The van der Waals surface area contributed by atoms with E-state index in [0.717, 1.165) is 24.2 Å². The summed E-state index contributed by atoms with van der Waals surface area (Å²) in [7, 11) is 0. The molecule has 4 bridgehead atoms. The van der Waals surface area contributed by atoms with Gasteiger partial charge in [0.15, 0.2) is 5.82 Å². The minimum atomic E-state index is -0.294. The quantitative estimate of drug-likeness (QED) is 0.819. The molecule has 0 atom stereocenters. The number of halogens is 1. The second-order valence-electron chi connectivity index (χ2n) is 8.80. The Labute approximate surface area is 162 Å². The van der Waals surface area contributed by atoms with Crippen LogP contribution in [0.2, 0.25) is 5.02 Å². The zero-order chi connectivity index (χ0) is 18.4. The first-order chi connectivity index (χ1) is 13.1. The van der Waals surface area contributed by atoms with Crippen molar-refractivity contribution in [3.05, 3.63) is 29.1 Å². The monoisotopic (exact) mass is 389 g/mol. The Morgan fingerprint density at radius 1 is 1.26 bits per heavy atom. The molecule has 6 rings (SSSR count). The molecule has 144 valence electrons. The van der Waals surface area contributed by atoms with Crippen molar-refractivity contribution in [1.29, 1.82) is 0 Å². The maximum Gasteiger partial charge on any atom is 0.316 e. The molecular weight excluding hydrogens is 366 g/mol. The van der Waals surface area contributed by atoms with Crippen molar-refractivity contribution in [3.63, 3.8) is 0 Å². The van der Waals surface area contributed by atoms with Crippen LogP contribution in [0, 0.1) is 23.2 Å². The molecule has 1 N–H and O–H groups in total. The second kappa shape index (κ2) is 6.62. The highest BCUT2D eigenvalue weighted by Crippen LogP contribution is 2.61. The lowest BCUT2D eigenvalue weighted by molar-refractivity contribution is -0.0564. The summed E-state index contributed by atoms with van der Waals surface area (Å²) >= 11 is 5.84. The van der Waals surface area contributed by atoms with E-state index in [4.69, 9.17) is 16.1 Å². The van der Waals surface area contributed by atoms with Crippen LogP contribution in [0.3, 0.4) is 0 Å². The van der Waals surface area contributed by atoms with Crippen molar-refractivity contribution >= 4 is 17.5 Å². The first kappa shape index (κ1) is 17.2. The minimum Gasteiger partial charge on any atom is -0.348 e. The summed E-state index contributed by atoms with van der Waals surface area (Å²) in [6, 6.07) is 0. The van der Waals surface area contributed by atoms with Crippen LogP contribution in [-0.2, 0) is 6.54 Å². The van der Waals surface area contributed by atoms with E-state index in [-0.39, 0.29) is 11.8 Å². The van der Waals surface area contributed by atoms with E-state index in [1.54, 1.807) is 17.1 Å². The molecule has 0 saturated heterocycles. The topological polar surface area (TPSA) is 85.8 Å². The van der Waals surface area contributed by atoms with Gasteiger partial charge in [-0.3, -0.25) is 9.48 Å². The lowest BCUT2D eigenvalue weighted by atomic mass is 9.49. The number of hydrogen-bond donors (Lipinski definition) is 1. The summed E-state index contributed by atoms with van der Waals surface area (Å²) in [5.41, 5.74) is 0.460. The van der Waals surface area contributed by atoms with E-state index >= 15 is 0 Å². The van der Waals surface area contributed by atoms with E-state index in [2.05, 4.69) is 20.6 Å². The second-order valence-corrected chi connectivity index (χ2v) is 9.23. The Morgan fingerprint density at radius 2 is 1.96 bits per heavy atom. The predicted octanol–water partition coefficient (Wildman–Crippen LogP) is 3.30. The molecule has 0 unspecified atom stereocenters. The minimum absolute atomic E-state index is 0.00812. The summed E-state index contributed by atoms with van der Waals surface area (Å²) in [4.78, 5) is 16.5. The number of nitrogens with one attached hydrogen (secondary N) is 1. The molecule has 0 radical (unpaired) electrons. The van der Waals surface area contributed by atoms with Crippen molar-refractivity contribution in [3.8, 4) is 0 Å². The maximum atomic E-state index is 12.3. The van der Waals surface area contributed by atoms with Crippen molar-refractivity contribution in [1.82, 2.24) is 25.2 Å². The zero-order valence-electron chi connectivity index (χ0n) is 15.2. The fraction of sp³-hybridized carbons (Fsp3) is 0.684. The van der Waals surface area contributed by atoms with Crippen LogP contribution in [0.4, 0.5) is 0 Å². The summed E-state index contributed by atoms with van der Waals surface area (Å²) in [6.45, 7) is 0.994. The molecule has 2 aromatic rings. The molecule has 2 aromatic heterocycles. The van der Waals surface area contributed by atoms with Crippen molar-refractivity contribution < 1.29 is 9.32 Å². The van der Waals surface area contributed by atoms with Crippen LogP contribution in [0.15, 0.2) is 16.9 Å². The van der Waals surface area contributed by atoms with Gasteiger partial charge in [-0.25, -0.2) is 0 Å². The highest BCUT2D eigenvalue weighted by Gasteiger charge is 2.50. The zero-order valence-corrected chi connectivity index (χ0v) is 16.0. The summed E-state index contributed by atoms with van der Waals surface area (Å²) in [5, 5.41) is 11.4. The molecule has 7 nitrogen and oxygen atoms in total. The number of carbonyl (C=O) groups excluding carboxylic acids is 1. The van der Waals surface area contributed by atoms with E-state index < -0.39 is 0 Å². The number of aromatic nitrogens is 4. The predicted molar refractivity (Wildman–Crippen MR) is 98.2 cm³/mol. The van der Waals surface area contributed by atoms with Crippen LogP contribution >= 0.6 is 11.6 Å². The number of rotatable bonds is 6. The molecule has 0 spiro atoms. The summed E-state index contributed by atoms with van der Waals surface area (Å²) in [5.74, 6) is 2.91. The molecule has 27 heavy (non-hydrogen) atoms. The summed E-state index contributed by atoms with van der Waals surface area (Å²) in [6.07, 6.45) is 12.7. The molecule has 4 aliphatic carbocycles. The highest BCUT2D eigenvalue weighted by molar-refractivity contribution is 6.30. The standard InChI is InChI=1S/C19H24ClN5O2/c20-15-9-22-25(10-15)11-16-23-18(27-24-16)17(26)21-2-1-19-6-12-3-13(7-19)5-14(4-12)8-19/h9-10,12-14H,1-8,11H2,(H,21,26). The first-order valence-corrected chi connectivity index (χ1v) is 10.2. The Morgan fingerprint density at radius 3 is 2.59 bits per heavy atom. The third-order valence-corrected chi connectivity index (χ3v) is 6.87. The van der Waals surface area contributed by atoms with Crippen molar-refractivity contribution in [2.45, 2.75) is 51.5 Å². The Bertz CT molecular complexity index is 809. The van der Waals surface area contributed by atoms with Crippen LogP contribution in [0.25, 0.3) is 0 Å². The van der Waals surface area contributed by atoms with Gasteiger partial charge in [-0.1, -0.05) is 16.8 Å². The Hall–Kier alpha value is -1.89. The molecule has 4 saturated carbocycles. The lowest BCUT2D eigenvalue weighted by Gasteiger charge is -2.57. The number of nitrogens with zero attached hydrogens (tertiary/aromatic N) is 4. The average Bonchev–Trinajstić information content (AvgIpc) is 3.23. The molecule has 2 heterocycles. The molecule has 0 aliphatic heterocycles. The van der Waals surface area contributed by atoms with Crippen LogP contribution in [0.5, 0.6) is 0 Å². The molecule has 4 fully saturated rings. The Kier molecular flexibility index (Phi) is 4.22. The van der Waals surface area contributed by atoms with Gasteiger partial charge in [0.1, 0.15) is 6.54 Å². The molecular formula is C19H24ClN5O2. The maximum absolute atomic E-state index is 12.3. The van der Waals surface area contributed by atoms with E-state index in [9.17, 15) is 4.79 Å². The number of amides is 1. The lowest BCUT2D eigenvalue weighted by Crippen LogP contribution is -2.47. The third-order valence-electron chi connectivity index (χ3n) is 6.67. The number of hydrogen-bond acceptors (Lipinski definition) is 5. The summed E-state index contributed by atoms with van der Waals surface area (Å²) < 4.78 is 6.70. The smallest absolute Gasteiger partial charge is 0.316 e. The third kappa shape index (κ3) is 3.49. The molecule has 1 amide bonds. The van der Waals surface area contributed by atoms with Gasteiger partial charge in [0.2, 0.25) is 0 Å². The first-order valence-electron chi connectivity index (χ1n) is 9.86. The van der Waals surface area contributed by atoms with Gasteiger partial charge in [0.25, 0.3) is 0 Å². The fourth-order valence-electron chi connectivity index (χ4n) is 6.09. The van der Waals surface area contributed by atoms with Gasteiger partial charge in [-0.2, -0.15) is 10.1 Å². The van der Waals surface area contributed by atoms with Crippen LogP contribution in [0.1, 0.15) is 61.5 Å². The van der Waals surface area contributed by atoms with E-state index in [1.807, 2.05) is 0 Å². The SMILES string of the molecule is O=C(NCCC12CC3CC(CC(C3)C1)C2)c1nc(Cn2cc(Cl)cn2)no1. The van der Waals surface area contributed by atoms with Crippen LogP contribution < -0.4 is 5.32 Å². The van der Waals surface area contributed by atoms with Crippen molar-refractivity contribution in [2.75, 3.05) is 6.54 Å². The van der Waals surface area contributed by atoms with Gasteiger partial charge in [-0.15, -0.1) is 0 Å². The molecule has 8 heteroatoms. The van der Waals surface area contributed by atoms with E-state index in [1.165, 1.54) is 38.5 Å². The Balaban J connectivity index is 1.15. The average molecular weight is 390 g/mol. The normalized spacial score (nSPS) is 31.4. The van der Waals surface area contributed by atoms with Gasteiger partial charge in [0.05, 0.1) is 11.2 Å². The highest BCUT2D eigenvalue weighted by atomic mass is 35.5. The largest absolute Gasteiger partial charge is 0.348 e. The van der Waals surface area contributed by atoms with Crippen molar-refractivity contribution in [2.24, 2.45) is 23.2 Å². The van der Waals surface area contributed by atoms with Gasteiger partial charge in [-0.05, 0) is 68.1 Å². The van der Waals surface area contributed by atoms with Gasteiger partial charge in [0, 0.05) is 12.7 Å². The molecule has 4 aliphatic rings. The van der Waals surface area contributed by atoms with Gasteiger partial charge < -0.3 is 9.84 Å². The molecule has 0 aromatic carbocycles. The van der Waals surface area contributed by atoms with Gasteiger partial charge >= 0.3 is 11.8 Å².